The van der Waals surface area contributed by atoms with Gasteiger partial charge in [0.05, 0.1) is 17.3 Å². The standard InChI is InChI=1S/C24H23N5O/c30-24(16-5-4-12-25-14-16)29-18-10-11-20(29)21-19(13-18)27-22(15-8-9-15)28-23(21)26-17-6-2-1-3-7-17/h1-7,12,14-15,18,20H,8-11,13H2,(H,26,27,28)/t18-,20+/m1/s1. The lowest BCUT2D eigenvalue weighted by atomic mass is 9.96. The molecule has 1 aliphatic carbocycles. The van der Waals surface area contributed by atoms with E-state index in [1.807, 2.05) is 42.5 Å². The van der Waals surface area contributed by atoms with E-state index in [1.54, 1.807) is 12.4 Å². The third-order valence-corrected chi connectivity index (χ3v) is 6.43. The van der Waals surface area contributed by atoms with E-state index in [9.17, 15) is 4.79 Å². The Balaban J connectivity index is 1.43. The summed E-state index contributed by atoms with van der Waals surface area (Å²) in [6.07, 6.45) is 8.43. The number of fused-ring (bicyclic) bond motifs is 4. The molecular formula is C24H23N5O. The Morgan fingerprint density at radius 2 is 1.87 bits per heavy atom. The molecule has 0 unspecified atom stereocenters. The van der Waals surface area contributed by atoms with E-state index in [0.29, 0.717) is 11.5 Å². The lowest BCUT2D eigenvalue weighted by Gasteiger charge is -2.37. The Bertz CT molecular complexity index is 1100. The quantitative estimate of drug-likeness (QED) is 0.707. The molecule has 30 heavy (non-hydrogen) atoms. The summed E-state index contributed by atoms with van der Waals surface area (Å²) in [4.78, 5) is 29.5. The van der Waals surface area contributed by atoms with Gasteiger partial charge in [-0.15, -0.1) is 0 Å². The van der Waals surface area contributed by atoms with Crippen LogP contribution in [0.1, 0.15) is 65.1 Å². The zero-order valence-electron chi connectivity index (χ0n) is 16.7. The molecule has 1 saturated heterocycles. The number of hydrogen-bond acceptors (Lipinski definition) is 5. The van der Waals surface area contributed by atoms with Crippen molar-refractivity contribution in [2.45, 2.75) is 50.1 Å². The number of carbonyl (C=O) groups excluding carboxylic acids is 1. The van der Waals surface area contributed by atoms with Gasteiger partial charge >= 0.3 is 0 Å². The number of para-hydroxylation sites is 1. The second-order valence-corrected chi connectivity index (χ2v) is 8.46. The van der Waals surface area contributed by atoms with Crippen LogP contribution in [0, 0.1) is 0 Å². The van der Waals surface area contributed by atoms with Crippen molar-refractivity contribution >= 4 is 17.4 Å². The minimum absolute atomic E-state index is 0.00548. The normalized spacial score (nSPS) is 21.9. The number of carbonyl (C=O) groups is 1. The number of nitrogens with zero attached hydrogens (tertiary/aromatic N) is 4. The highest BCUT2D eigenvalue weighted by molar-refractivity contribution is 5.95. The van der Waals surface area contributed by atoms with Gasteiger partial charge in [-0.05, 0) is 49.9 Å². The number of aromatic nitrogens is 3. The van der Waals surface area contributed by atoms with Crippen molar-refractivity contribution in [3.05, 3.63) is 77.5 Å². The van der Waals surface area contributed by atoms with Crippen LogP contribution in [-0.2, 0) is 6.42 Å². The van der Waals surface area contributed by atoms with Crippen LogP contribution in [0.4, 0.5) is 11.5 Å². The first-order chi connectivity index (χ1) is 14.8. The summed E-state index contributed by atoms with van der Waals surface area (Å²) < 4.78 is 0. The summed E-state index contributed by atoms with van der Waals surface area (Å²) in [5, 5.41) is 3.54. The molecule has 2 fully saturated rings. The highest BCUT2D eigenvalue weighted by Crippen LogP contribution is 2.48. The highest BCUT2D eigenvalue weighted by Gasteiger charge is 2.45. The molecule has 2 atom stereocenters. The molecule has 6 nitrogen and oxygen atoms in total. The van der Waals surface area contributed by atoms with Crippen LogP contribution in [0.5, 0.6) is 0 Å². The van der Waals surface area contributed by atoms with Crippen LogP contribution in [0.3, 0.4) is 0 Å². The first-order valence-corrected chi connectivity index (χ1v) is 10.7. The summed E-state index contributed by atoms with van der Waals surface area (Å²) in [6.45, 7) is 0. The molecule has 1 N–H and O–H groups in total. The van der Waals surface area contributed by atoms with Gasteiger partial charge in [-0.2, -0.15) is 0 Å². The molecule has 1 amide bonds. The minimum Gasteiger partial charge on any atom is -0.340 e. The molecule has 2 aromatic heterocycles. The van der Waals surface area contributed by atoms with Gasteiger partial charge in [0.15, 0.2) is 0 Å². The van der Waals surface area contributed by atoms with Gasteiger partial charge in [-0.25, -0.2) is 9.97 Å². The second kappa shape index (κ2) is 6.90. The summed E-state index contributed by atoms with van der Waals surface area (Å²) in [5.74, 6) is 2.36. The van der Waals surface area contributed by atoms with Gasteiger partial charge in [-0.1, -0.05) is 18.2 Å². The van der Waals surface area contributed by atoms with E-state index in [4.69, 9.17) is 9.97 Å². The average Bonchev–Trinajstić information content (AvgIpc) is 3.59. The molecular weight excluding hydrogens is 374 g/mol. The van der Waals surface area contributed by atoms with Crippen LogP contribution in [-0.4, -0.2) is 31.8 Å². The fraction of sp³-hybridized carbons (Fsp3) is 0.333. The summed E-state index contributed by atoms with van der Waals surface area (Å²) in [7, 11) is 0. The Morgan fingerprint density at radius 3 is 2.63 bits per heavy atom. The van der Waals surface area contributed by atoms with Gasteiger partial charge in [0.1, 0.15) is 11.6 Å². The molecule has 2 aliphatic heterocycles. The van der Waals surface area contributed by atoms with Crippen LogP contribution >= 0.6 is 0 Å². The first kappa shape index (κ1) is 17.6. The summed E-state index contributed by atoms with van der Waals surface area (Å²) >= 11 is 0. The summed E-state index contributed by atoms with van der Waals surface area (Å²) in [5.41, 5.74) is 3.86. The smallest absolute Gasteiger partial charge is 0.256 e. The average molecular weight is 397 g/mol. The molecule has 150 valence electrons. The Kier molecular flexibility index (Phi) is 4.04. The monoisotopic (exact) mass is 397 g/mol. The predicted octanol–water partition coefficient (Wildman–Crippen LogP) is 4.39. The SMILES string of the molecule is O=C(c1cccnc1)N1[C@@H]2CC[C@H]1c1c(nc(C3CC3)nc1Nc1ccccc1)C2. The Hall–Kier alpha value is -3.28. The van der Waals surface area contributed by atoms with Crippen molar-refractivity contribution in [1.82, 2.24) is 19.9 Å². The van der Waals surface area contributed by atoms with Crippen molar-refractivity contribution < 1.29 is 4.79 Å². The van der Waals surface area contributed by atoms with E-state index >= 15 is 0 Å². The molecule has 3 aromatic rings. The van der Waals surface area contributed by atoms with Gasteiger partial charge in [-0.3, -0.25) is 9.78 Å². The molecule has 2 bridgehead atoms. The number of rotatable bonds is 4. The van der Waals surface area contributed by atoms with Crippen LogP contribution in [0.25, 0.3) is 0 Å². The molecule has 0 spiro atoms. The largest absolute Gasteiger partial charge is 0.340 e. The van der Waals surface area contributed by atoms with E-state index < -0.39 is 0 Å². The number of pyridine rings is 1. The van der Waals surface area contributed by atoms with E-state index in [-0.39, 0.29) is 18.0 Å². The van der Waals surface area contributed by atoms with Gasteiger partial charge in [0.2, 0.25) is 0 Å². The van der Waals surface area contributed by atoms with Crippen LogP contribution in [0.2, 0.25) is 0 Å². The lowest BCUT2D eigenvalue weighted by Crippen LogP contribution is -2.42. The number of nitrogens with one attached hydrogen (secondary N) is 1. The zero-order chi connectivity index (χ0) is 20.1. The van der Waals surface area contributed by atoms with Crippen molar-refractivity contribution in [2.24, 2.45) is 0 Å². The molecule has 6 rings (SSSR count). The molecule has 1 saturated carbocycles. The summed E-state index contributed by atoms with van der Waals surface area (Å²) in [6, 6.07) is 14.0. The molecule has 6 heteroatoms. The maximum absolute atomic E-state index is 13.3. The molecule has 4 heterocycles. The van der Waals surface area contributed by atoms with Crippen molar-refractivity contribution in [2.75, 3.05) is 5.32 Å². The minimum atomic E-state index is 0.00548. The Labute approximate surface area is 175 Å². The number of anilines is 2. The van der Waals surface area contributed by atoms with Gasteiger partial charge < -0.3 is 10.2 Å². The maximum atomic E-state index is 13.3. The molecule has 1 aromatic carbocycles. The highest BCUT2D eigenvalue weighted by atomic mass is 16.2. The number of benzene rings is 1. The molecule has 0 radical (unpaired) electrons. The van der Waals surface area contributed by atoms with Crippen LogP contribution < -0.4 is 5.32 Å². The second-order valence-electron chi connectivity index (χ2n) is 8.46. The fourth-order valence-corrected chi connectivity index (χ4v) is 4.85. The topological polar surface area (TPSA) is 71.0 Å². The van der Waals surface area contributed by atoms with Crippen molar-refractivity contribution in [3.8, 4) is 0 Å². The lowest BCUT2D eigenvalue weighted by molar-refractivity contribution is 0.0644. The third-order valence-electron chi connectivity index (χ3n) is 6.43. The molecule has 3 aliphatic rings. The van der Waals surface area contributed by atoms with Crippen molar-refractivity contribution in [1.29, 1.82) is 0 Å². The van der Waals surface area contributed by atoms with Gasteiger partial charge in [0.25, 0.3) is 5.91 Å². The third kappa shape index (κ3) is 2.95. The van der Waals surface area contributed by atoms with Gasteiger partial charge in [0, 0.05) is 42.0 Å². The Morgan fingerprint density at radius 1 is 1.00 bits per heavy atom. The van der Waals surface area contributed by atoms with E-state index in [1.165, 1.54) is 12.8 Å². The van der Waals surface area contributed by atoms with E-state index in [0.717, 1.165) is 47.8 Å². The zero-order valence-corrected chi connectivity index (χ0v) is 16.7. The first-order valence-electron chi connectivity index (χ1n) is 10.7. The maximum Gasteiger partial charge on any atom is 0.256 e. The van der Waals surface area contributed by atoms with E-state index in [2.05, 4.69) is 15.2 Å². The predicted molar refractivity (Wildman–Crippen MR) is 114 cm³/mol. The fourth-order valence-electron chi connectivity index (χ4n) is 4.85. The number of amides is 1. The van der Waals surface area contributed by atoms with Crippen LogP contribution in [0.15, 0.2) is 54.9 Å². The van der Waals surface area contributed by atoms with Crippen molar-refractivity contribution in [3.63, 3.8) is 0 Å². The number of hydrogen-bond donors (Lipinski definition) is 1.